The third-order valence-electron chi connectivity index (χ3n) is 9.28. The summed E-state index contributed by atoms with van der Waals surface area (Å²) < 4.78 is 0. The molecule has 1 aromatic carbocycles. The molecule has 3 atom stereocenters. The zero-order valence-electron chi connectivity index (χ0n) is 23.4. The number of aromatic amines is 1. The van der Waals surface area contributed by atoms with Gasteiger partial charge in [-0.05, 0) is 49.7 Å². The van der Waals surface area contributed by atoms with Crippen molar-refractivity contribution in [1.29, 1.82) is 0 Å². The van der Waals surface area contributed by atoms with Crippen molar-refractivity contribution in [1.82, 2.24) is 21.1 Å². The van der Waals surface area contributed by atoms with Crippen molar-refractivity contribution >= 4 is 34.6 Å². The highest BCUT2D eigenvalue weighted by molar-refractivity contribution is 6.00. The largest absolute Gasteiger partial charge is 0.351 e. The molecule has 40 heavy (non-hydrogen) atoms. The van der Waals surface area contributed by atoms with Crippen molar-refractivity contribution < 1.29 is 24.0 Å². The number of aromatic nitrogens is 1. The van der Waals surface area contributed by atoms with Crippen molar-refractivity contribution in [2.24, 2.45) is 17.8 Å². The Bertz CT molecular complexity index is 1190. The molecule has 4 N–H and O–H groups in total. The third kappa shape index (κ3) is 6.67. The molecule has 2 aliphatic carbocycles. The molecule has 2 heterocycles. The Kier molecular flexibility index (Phi) is 8.76. The summed E-state index contributed by atoms with van der Waals surface area (Å²) in [5, 5.41) is 6.99. The molecule has 3 fully saturated rings. The summed E-state index contributed by atoms with van der Waals surface area (Å²) in [5.74, 6) is -1.63. The summed E-state index contributed by atoms with van der Waals surface area (Å²) in [5.41, 5.74) is 3.40. The fourth-order valence-corrected chi connectivity index (χ4v) is 6.98. The van der Waals surface area contributed by atoms with Gasteiger partial charge < -0.3 is 20.5 Å². The molecule has 9 nitrogen and oxygen atoms in total. The van der Waals surface area contributed by atoms with Gasteiger partial charge in [-0.25, -0.2) is 4.79 Å². The number of nitrogens with one attached hydrogen (secondary N) is 4. The minimum absolute atomic E-state index is 0.0125. The van der Waals surface area contributed by atoms with E-state index in [4.69, 9.17) is 4.84 Å². The van der Waals surface area contributed by atoms with Gasteiger partial charge in [-0.15, -0.1) is 0 Å². The number of benzene rings is 1. The lowest BCUT2D eigenvalue weighted by molar-refractivity contribution is -0.160. The topological polar surface area (TPSA) is 129 Å². The summed E-state index contributed by atoms with van der Waals surface area (Å²) in [6.07, 6.45) is 12.1. The second-order valence-electron chi connectivity index (χ2n) is 12.3. The second kappa shape index (κ2) is 12.4. The average Bonchev–Trinajstić information content (AvgIpc) is 3.53. The molecule has 0 radical (unpaired) electrons. The standard InChI is InChI=1S/C31H42N4O5/c1-20(23-19-31(34-28(23)37)14-8-3-9-15-31)16-27(36)40-35-30(39)25(17-21-10-4-2-5-11-21)33-29(38)26-18-22-12-6-7-13-24(22)32-26/h6-7,12-13,18,20-21,23,25,32H,2-5,8-11,14-17,19H2,1H3,(H,33,38)(H,34,37)(H,35,39)/t20?,23?,25-/m0/s1. The summed E-state index contributed by atoms with van der Waals surface area (Å²) in [6.45, 7) is 1.89. The van der Waals surface area contributed by atoms with Crippen LogP contribution in [0.1, 0.15) is 101 Å². The summed E-state index contributed by atoms with van der Waals surface area (Å²) in [7, 11) is 0. The minimum Gasteiger partial charge on any atom is -0.351 e. The number of carbonyl (C=O) groups is 4. The van der Waals surface area contributed by atoms with Crippen LogP contribution in [0.5, 0.6) is 0 Å². The Hall–Kier alpha value is -3.36. The Labute approximate surface area is 235 Å². The van der Waals surface area contributed by atoms with Crippen molar-refractivity contribution in [2.75, 3.05) is 0 Å². The first-order valence-electron chi connectivity index (χ1n) is 15.0. The normalized spacial score (nSPS) is 22.4. The van der Waals surface area contributed by atoms with Crippen molar-refractivity contribution in [3.8, 4) is 0 Å². The van der Waals surface area contributed by atoms with Crippen LogP contribution in [0.25, 0.3) is 10.9 Å². The number of amides is 3. The third-order valence-corrected chi connectivity index (χ3v) is 9.28. The van der Waals surface area contributed by atoms with Gasteiger partial charge in [-0.3, -0.25) is 14.4 Å². The molecule has 2 aromatic rings. The smallest absolute Gasteiger partial charge is 0.332 e. The van der Waals surface area contributed by atoms with Crippen molar-refractivity contribution in [3.05, 3.63) is 36.0 Å². The van der Waals surface area contributed by atoms with Crippen molar-refractivity contribution in [3.63, 3.8) is 0 Å². The van der Waals surface area contributed by atoms with Crippen LogP contribution >= 0.6 is 0 Å². The van der Waals surface area contributed by atoms with Gasteiger partial charge in [-0.1, -0.05) is 76.5 Å². The summed E-state index contributed by atoms with van der Waals surface area (Å²) in [4.78, 5) is 60.0. The van der Waals surface area contributed by atoms with E-state index in [0.717, 1.165) is 68.7 Å². The molecule has 1 aliphatic heterocycles. The number of hydrogen-bond acceptors (Lipinski definition) is 5. The lowest BCUT2D eigenvalue weighted by Crippen LogP contribution is -2.48. The van der Waals surface area contributed by atoms with Gasteiger partial charge in [0.2, 0.25) is 5.91 Å². The van der Waals surface area contributed by atoms with Crippen LogP contribution in [0.3, 0.4) is 0 Å². The molecule has 1 spiro atoms. The molecular weight excluding hydrogens is 508 g/mol. The second-order valence-corrected chi connectivity index (χ2v) is 12.3. The maximum absolute atomic E-state index is 13.2. The number of para-hydroxylation sites is 1. The van der Waals surface area contributed by atoms with E-state index in [1.54, 1.807) is 6.07 Å². The monoisotopic (exact) mass is 550 g/mol. The fourth-order valence-electron chi connectivity index (χ4n) is 6.98. The Morgan fingerprint density at radius 3 is 2.52 bits per heavy atom. The molecule has 9 heteroatoms. The highest BCUT2D eigenvalue weighted by atomic mass is 16.7. The van der Waals surface area contributed by atoms with Crippen LogP contribution in [-0.2, 0) is 19.2 Å². The SMILES string of the molecule is CC(CC(=O)ONC(=O)[C@H](CC1CCCCC1)NC(=O)c1cc2ccccc2[nH]1)C1CC2(CCCCC2)NC1=O. The Morgan fingerprint density at radius 1 is 1.05 bits per heavy atom. The van der Waals surface area contributed by atoms with Crippen molar-refractivity contribution in [2.45, 2.75) is 102 Å². The predicted octanol–water partition coefficient (Wildman–Crippen LogP) is 4.68. The van der Waals surface area contributed by atoms with Crippen LogP contribution in [0, 0.1) is 17.8 Å². The molecular formula is C31H42N4O5. The van der Waals surface area contributed by atoms with Gasteiger partial charge in [0.15, 0.2) is 0 Å². The van der Waals surface area contributed by atoms with E-state index in [-0.39, 0.29) is 35.6 Å². The van der Waals surface area contributed by atoms with Gasteiger partial charge >= 0.3 is 5.97 Å². The number of H-pyrrole nitrogens is 1. The fraction of sp³-hybridized carbons (Fsp3) is 0.613. The van der Waals surface area contributed by atoms with E-state index in [2.05, 4.69) is 21.1 Å². The highest BCUT2D eigenvalue weighted by Crippen LogP contribution is 2.41. The lowest BCUT2D eigenvalue weighted by atomic mass is 9.76. The van der Waals surface area contributed by atoms with E-state index < -0.39 is 17.9 Å². The highest BCUT2D eigenvalue weighted by Gasteiger charge is 2.46. The Morgan fingerprint density at radius 2 is 1.77 bits per heavy atom. The van der Waals surface area contributed by atoms with Crippen LogP contribution in [0.2, 0.25) is 0 Å². The van der Waals surface area contributed by atoms with Gasteiger partial charge in [-0.2, -0.15) is 5.48 Å². The van der Waals surface area contributed by atoms with Gasteiger partial charge in [0.05, 0.1) is 6.42 Å². The lowest BCUT2D eigenvalue weighted by Gasteiger charge is -2.33. The first kappa shape index (κ1) is 28.2. The molecule has 3 amide bonds. The number of hydroxylamine groups is 1. The van der Waals surface area contributed by atoms with Crippen LogP contribution in [0.15, 0.2) is 30.3 Å². The van der Waals surface area contributed by atoms with E-state index in [0.29, 0.717) is 18.0 Å². The van der Waals surface area contributed by atoms with Crippen LogP contribution in [0.4, 0.5) is 0 Å². The quantitative estimate of drug-likeness (QED) is 0.355. The minimum atomic E-state index is -0.834. The van der Waals surface area contributed by atoms with E-state index >= 15 is 0 Å². The summed E-state index contributed by atoms with van der Waals surface area (Å²) in [6, 6.07) is 8.53. The first-order chi connectivity index (χ1) is 19.3. The molecule has 2 unspecified atom stereocenters. The molecule has 3 aliphatic rings. The number of carbonyl (C=O) groups excluding carboxylic acids is 4. The maximum Gasteiger partial charge on any atom is 0.332 e. The average molecular weight is 551 g/mol. The van der Waals surface area contributed by atoms with E-state index in [9.17, 15) is 19.2 Å². The molecule has 1 saturated heterocycles. The predicted molar refractivity (Wildman–Crippen MR) is 151 cm³/mol. The number of rotatable bonds is 8. The molecule has 5 rings (SSSR count). The van der Waals surface area contributed by atoms with Crippen LogP contribution < -0.4 is 16.1 Å². The Balaban J connectivity index is 1.16. The maximum atomic E-state index is 13.2. The molecule has 1 aromatic heterocycles. The zero-order valence-corrected chi connectivity index (χ0v) is 23.4. The summed E-state index contributed by atoms with van der Waals surface area (Å²) >= 11 is 0. The van der Waals surface area contributed by atoms with Gasteiger partial charge in [0.1, 0.15) is 11.7 Å². The number of fused-ring (bicyclic) bond motifs is 1. The van der Waals surface area contributed by atoms with Gasteiger partial charge in [0.25, 0.3) is 11.8 Å². The van der Waals surface area contributed by atoms with E-state index in [1.807, 2.05) is 31.2 Å². The number of hydrogen-bond donors (Lipinski definition) is 4. The van der Waals surface area contributed by atoms with Gasteiger partial charge in [0, 0.05) is 22.4 Å². The molecule has 2 saturated carbocycles. The zero-order chi connectivity index (χ0) is 28.1. The molecule has 216 valence electrons. The van der Waals surface area contributed by atoms with Crippen LogP contribution in [-0.4, -0.2) is 40.3 Å². The van der Waals surface area contributed by atoms with E-state index in [1.165, 1.54) is 12.8 Å². The molecule has 0 bridgehead atoms. The first-order valence-corrected chi connectivity index (χ1v) is 15.0.